The minimum absolute atomic E-state index is 0.252. The van der Waals surface area contributed by atoms with Crippen LogP contribution in [0.3, 0.4) is 0 Å². The van der Waals surface area contributed by atoms with Crippen LogP contribution >= 0.6 is 15.9 Å². The van der Waals surface area contributed by atoms with Crippen LogP contribution in [0.2, 0.25) is 0 Å². The van der Waals surface area contributed by atoms with Crippen molar-refractivity contribution in [3.05, 3.63) is 24.2 Å². The Morgan fingerprint density at radius 3 is 2.94 bits per heavy atom. The largest absolute Gasteiger partial charge is 0.468 e. The molecule has 0 saturated carbocycles. The van der Waals surface area contributed by atoms with Gasteiger partial charge in [-0.25, -0.2) is 0 Å². The molecule has 4 nitrogen and oxygen atoms in total. The van der Waals surface area contributed by atoms with E-state index in [9.17, 15) is 4.79 Å². The summed E-state index contributed by atoms with van der Waals surface area (Å²) < 4.78 is 9.92. The highest BCUT2D eigenvalue weighted by molar-refractivity contribution is 9.10. The number of nitrogens with zero attached hydrogens (tertiary/aromatic N) is 1. The Labute approximate surface area is 104 Å². The van der Waals surface area contributed by atoms with Crippen LogP contribution < -0.4 is 0 Å². The fraction of sp³-hybridized carbons (Fsp3) is 0.545. The van der Waals surface area contributed by atoms with Gasteiger partial charge in [-0.1, -0.05) is 22.9 Å². The molecule has 0 amide bonds. The van der Waals surface area contributed by atoms with E-state index in [2.05, 4.69) is 25.6 Å². The van der Waals surface area contributed by atoms with Gasteiger partial charge in [0.15, 0.2) is 0 Å². The van der Waals surface area contributed by atoms with Gasteiger partial charge in [0.2, 0.25) is 0 Å². The van der Waals surface area contributed by atoms with Crippen molar-refractivity contribution >= 4 is 21.9 Å². The van der Waals surface area contributed by atoms with E-state index in [-0.39, 0.29) is 10.8 Å². The fourth-order valence-electron chi connectivity index (χ4n) is 1.36. The normalized spacial score (nSPS) is 12.8. The summed E-state index contributed by atoms with van der Waals surface area (Å²) in [5.74, 6) is 0.643. The fourth-order valence-corrected chi connectivity index (χ4v) is 1.95. The highest BCUT2D eigenvalue weighted by atomic mass is 79.9. The second-order valence-corrected chi connectivity index (χ2v) is 4.50. The Morgan fingerprint density at radius 1 is 1.69 bits per heavy atom. The highest BCUT2D eigenvalue weighted by Crippen LogP contribution is 2.09. The first-order chi connectivity index (χ1) is 7.67. The Morgan fingerprint density at radius 2 is 2.44 bits per heavy atom. The number of ether oxygens (including phenoxy) is 1. The van der Waals surface area contributed by atoms with Gasteiger partial charge in [-0.2, -0.15) is 0 Å². The lowest BCUT2D eigenvalue weighted by atomic mass is 10.3. The second-order valence-electron chi connectivity index (χ2n) is 3.40. The maximum Gasteiger partial charge on any atom is 0.320 e. The van der Waals surface area contributed by atoms with Gasteiger partial charge in [0.05, 0.1) is 19.9 Å². The topological polar surface area (TPSA) is 42.7 Å². The van der Waals surface area contributed by atoms with Crippen molar-refractivity contribution < 1.29 is 13.9 Å². The zero-order chi connectivity index (χ0) is 12.0. The van der Waals surface area contributed by atoms with Crippen LogP contribution in [0.25, 0.3) is 0 Å². The molecular weight excluding hydrogens is 274 g/mol. The molecule has 0 spiro atoms. The number of carbonyl (C=O) groups is 1. The number of hydrogen-bond acceptors (Lipinski definition) is 4. The van der Waals surface area contributed by atoms with E-state index >= 15 is 0 Å². The summed E-state index contributed by atoms with van der Waals surface area (Å²) in [6, 6.07) is 3.78. The minimum Gasteiger partial charge on any atom is -0.468 e. The van der Waals surface area contributed by atoms with Gasteiger partial charge in [-0.3, -0.25) is 9.69 Å². The molecule has 1 rings (SSSR count). The van der Waals surface area contributed by atoms with Gasteiger partial charge >= 0.3 is 5.97 Å². The van der Waals surface area contributed by atoms with E-state index in [0.717, 1.165) is 12.3 Å². The van der Waals surface area contributed by atoms with Crippen molar-refractivity contribution in [2.24, 2.45) is 0 Å². The summed E-state index contributed by atoms with van der Waals surface area (Å²) in [5.41, 5.74) is 0. The van der Waals surface area contributed by atoms with E-state index in [4.69, 9.17) is 4.42 Å². The summed E-state index contributed by atoms with van der Waals surface area (Å²) in [4.78, 5) is 13.1. The van der Waals surface area contributed by atoms with Crippen molar-refractivity contribution in [2.45, 2.75) is 18.3 Å². The number of rotatable bonds is 6. The Bertz CT molecular complexity index is 313. The Kier molecular flexibility index (Phi) is 5.55. The molecule has 0 aromatic carbocycles. The summed E-state index contributed by atoms with van der Waals surface area (Å²) in [6.07, 6.45) is 1.65. The molecule has 1 heterocycles. The summed E-state index contributed by atoms with van der Waals surface area (Å²) in [6.45, 7) is 4.19. The molecule has 90 valence electrons. The van der Waals surface area contributed by atoms with Crippen LogP contribution in [0.4, 0.5) is 0 Å². The molecule has 0 aliphatic rings. The van der Waals surface area contributed by atoms with E-state index in [0.29, 0.717) is 13.1 Å². The Hall–Kier alpha value is -0.810. The molecule has 0 saturated heterocycles. The molecule has 0 aliphatic carbocycles. The average molecular weight is 290 g/mol. The van der Waals surface area contributed by atoms with Gasteiger partial charge in [0, 0.05) is 6.54 Å². The summed E-state index contributed by atoms with van der Waals surface area (Å²) in [5, 5.41) is 0. The lowest BCUT2D eigenvalue weighted by molar-refractivity contribution is -0.140. The molecule has 5 heteroatoms. The predicted molar refractivity (Wildman–Crippen MR) is 64.4 cm³/mol. The second kappa shape index (κ2) is 6.70. The molecule has 0 bridgehead atoms. The number of furan rings is 1. The van der Waals surface area contributed by atoms with Crippen molar-refractivity contribution in [2.75, 3.05) is 20.2 Å². The van der Waals surface area contributed by atoms with E-state index in [1.807, 2.05) is 19.1 Å². The third-order valence-electron chi connectivity index (χ3n) is 2.28. The maximum absolute atomic E-state index is 11.2. The maximum atomic E-state index is 11.2. The Balaban J connectivity index is 2.46. The van der Waals surface area contributed by atoms with Crippen LogP contribution in [-0.2, 0) is 16.1 Å². The lowest BCUT2D eigenvalue weighted by Crippen LogP contribution is -2.33. The van der Waals surface area contributed by atoms with Gasteiger partial charge < -0.3 is 9.15 Å². The van der Waals surface area contributed by atoms with Crippen LogP contribution in [0, 0.1) is 0 Å². The SMILES string of the molecule is CCN(Cc1ccco1)CC(Br)C(=O)OC. The van der Waals surface area contributed by atoms with E-state index in [1.54, 1.807) is 6.26 Å². The molecular formula is C11H16BrNO3. The van der Waals surface area contributed by atoms with Crippen LogP contribution in [0.15, 0.2) is 22.8 Å². The smallest absolute Gasteiger partial charge is 0.320 e. The predicted octanol–water partition coefficient (Wildman–Crippen LogP) is 2.04. The minimum atomic E-state index is -0.299. The lowest BCUT2D eigenvalue weighted by Gasteiger charge is -2.21. The third-order valence-corrected chi connectivity index (χ3v) is 2.95. The number of carbonyl (C=O) groups excluding carboxylic acids is 1. The molecule has 0 radical (unpaired) electrons. The van der Waals surface area contributed by atoms with Crippen molar-refractivity contribution in [3.8, 4) is 0 Å². The number of halogens is 1. The van der Waals surface area contributed by atoms with Crippen LogP contribution in [0.1, 0.15) is 12.7 Å². The molecule has 0 fully saturated rings. The third kappa shape index (κ3) is 3.98. The number of alkyl halides is 1. The molecule has 1 atom stereocenters. The molecule has 1 unspecified atom stereocenters. The first-order valence-electron chi connectivity index (χ1n) is 5.14. The summed E-state index contributed by atoms with van der Waals surface area (Å²) in [7, 11) is 1.39. The van der Waals surface area contributed by atoms with Crippen molar-refractivity contribution in [3.63, 3.8) is 0 Å². The molecule has 1 aromatic rings. The number of hydrogen-bond donors (Lipinski definition) is 0. The number of esters is 1. The van der Waals surface area contributed by atoms with Gasteiger partial charge in [0.1, 0.15) is 10.6 Å². The first kappa shape index (κ1) is 13.3. The highest BCUT2D eigenvalue weighted by Gasteiger charge is 2.18. The van der Waals surface area contributed by atoms with Gasteiger partial charge in [-0.05, 0) is 18.7 Å². The zero-order valence-electron chi connectivity index (χ0n) is 9.48. The molecule has 0 N–H and O–H groups in total. The summed E-state index contributed by atoms with van der Waals surface area (Å²) >= 11 is 3.30. The van der Waals surface area contributed by atoms with Gasteiger partial charge in [0.25, 0.3) is 0 Å². The molecule has 0 aliphatic heterocycles. The number of methoxy groups -OCH3 is 1. The molecule has 16 heavy (non-hydrogen) atoms. The van der Waals surface area contributed by atoms with Gasteiger partial charge in [-0.15, -0.1) is 0 Å². The molecule has 1 aromatic heterocycles. The average Bonchev–Trinajstić information content (AvgIpc) is 2.79. The monoisotopic (exact) mass is 289 g/mol. The van der Waals surface area contributed by atoms with Crippen LogP contribution in [0.5, 0.6) is 0 Å². The van der Waals surface area contributed by atoms with E-state index < -0.39 is 0 Å². The van der Waals surface area contributed by atoms with Crippen LogP contribution in [-0.4, -0.2) is 35.9 Å². The quantitative estimate of drug-likeness (QED) is 0.594. The first-order valence-corrected chi connectivity index (χ1v) is 6.05. The van der Waals surface area contributed by atoms with E-state index in [1.165, 1.54) is 7.11 Å². The standard InChI is InChI=1S/C11H16BrNO3/c1-3-13(7-9-5-4-6-16-9)8-10(12)11(14)15-2/h4-6,10H,3,7-8H2,1-2H3. The van der Waals surface area contributed by atoms with Crippen molar-refractivity contribution in [1.29, 1.82) is 0 Å². The van der Waals surface area contributed by atoms with Crippen molar-refractivity contribution in [1.82, 2.24) is 4.90 Å². The zero-order valence-corrected chi connectivity index (χ0v) is 11.1.